The zero-order chi connectivity index (χ0) is 17.5. The molecule has 1 aromatic heterocycles. The van der Waals surface area contributed by atoms with Gasteiger partial charge in [0.05, 0.1) is 26.4 Å². The normalized spacial score (nSPS) is 17.6. The summed E-state index contributed by atoms with van der Waals surface area (Å²) in [6.45, 7) is 1.72. The van der Waals surface area contributed by atoms with Gasteiger partial charge >= 0.3 is 0 Å². The first-order valence-corrected chi connectivity index (χ1v) is 8.65. The Labute approximate surface area is 148 Å². The van der Waals surface area contributed by atoms with E-state index in [-0.39, 0.29) is 11.9 Å². The van der Waals surface area contributed by atoms with Crippen LogP contribution in [0.25, 0.3) is 0 Å². The van der Waals surface area contributed by atoms with Crippen molar-refractivity contribution < 1.29 is 14.3 Å². The number of likely N-dealkylation sites (tertiary alicyclic amines) is 1. The number of hydrogen-bond acceptors (Lipinski definition) is 4. The Morgan fingerprint density at radius 2 is 1.88 bits per heavy atom. The highest BCUT2D eigenvalue weighted by molar-refractivity contribution is 5.77. The number of methoxy groups -OCH3 is 1. The first-order chi connectivity index (χ1) is 12.3. The van der Waals surface area contributed by atoms with Gasteiger partial charge in [0, 0.05) is 25.4 Å². The van der Waals surface area contributed by atoms with Crippen molar-refractivity contribution in [2.75, 3.05) is 13.7 Å². The molecule has 0 saturated carbocycles. The highest BCUT2D eigenvalue weighted by atomic mass is 16.5. The smallest absolute Gasteiger partial charge is 0.223 e. The molecular formula is C20H24N2O3. The second-order valence-electron chi connectivity index (χ2n) is 6.29. The van der Waals surface area contributed by atoms with E-state index in [4.69, 9.17) is 9.47 Å². The van der Waals surface area contributed by atoms with Gasteiger partial charge in [-0.1, -0.05) is 12.1 Å². The van der Waals surface area contributed by atoms with E-state index in [1.807, 2.05) is 41.3 Å². The fraction of sp³-hybridized carbons (Fsp3) is 0.400. The third-order valence-electron chi connectivity index (χ3n) is 4.53. The molecule has 2 heterocycles. The average Bonchev–Trinajstić information content (AvgIpc) is 2.66. The van der Waals surface area contributed by atoms with Crippen LogP contribution in [-0.2, 0) is 22.7 Å². The molecule has 1 aromatic carbocycles. The third-order valence-corrected chi connectivity index (χ3v) is 4.53. The predicted molar refractivity (Wildman–Crippen MR) is 95.1 cm³/mol. The van der Waals surface area contributed by atoms with Crippen molar-refractivity contribution in [3.05, 3.63) is 59.9 Å². The molecule has 0 unspecified atom stereocenters. The van der Waals surface area contributed by atoms with Crippen molar-refractivity contribution in [1.82, 2.24) is 9.88 Å². The van der Waals surface area contributed by atoms with Gasteiger partial charge in [-0.2, -0.15) is 0 Å². The molecule has 1 aliphatic heterocycles. The summed E-state index contributed by atoms with van der Waals surface area (Å²) < 4.78 is 11.1. The summed E-state index contributed by atoms with van der Waals surface area (Å²) in [7, 11) is 1.66. The summed E-state index contributed by atoms with van der Waals surface area (Å²) in [6, 6.07) is 11.9. The van der Waals surface area contributed by atoms with Crippen LogP contribution in [0.5, 0.6) is 5.75 Å². The highest BCUT2D eigenvalue weighted by Gasteiger charge is 2.28. The number of benzene rings is 1. The average molecular weight is 340 g/mol. The van der Waals surface area contributed by atoms with Gasteiger partial charge in [0.2, 0.25) is 5.91 Å². The maximum Gasteiger partial charge on any atom is 0.223 e. The molecule has 1 amide bonds. The van der Waals surface area contributed by atoms with Crippen LogP contribution in [0.4, 0.5) is 0 Å². The Morgan fingerprint density at radius 1 is 1.12 bits per heavy atom. The van der Waals surface area contributed by atoms with Crippen LogP contribution in [0.2, 0.25) is 0 Å². The molecule has 0 N–H and O–H groups in total. The number of carbonyl (C=O) groups is 1. The standard InChI is InChI=1S/C20H24N2O3/c1-24-19-7-5-17(6-8-19)14-25-15-18-3-2-4-20(23)22(18)13-16-9-11-21-12-10-16/h5-12,18H,2-4,13-15H2,1H3/t18-/m0/s1. The van der Waals surface area contributed by atoms with Crippen LogP contribution in [0, 0.1) is 0 Å². The van der Waals surface area contributed by atoms with E-state index >= 15 is 0 Å². The lowest BCUT2D eigenvalue weighted by molar-refractivity contribution is -0.139. The van der Waals surface area contributed by atoms with Crippen LogP contribution in [0.1, 0.15) is 30.4 Å². The zero-order valence-corrected chi connectivity index (χ0v) is 14.6. The summed E-state index contributed by atoms with van der Waals surface area (Å²) in [5, 5.41) is 0. The number of rotatable bonds is 7. The fourth-order valence-electron chi connectivity index (χ4n) is 3.10. The molecule has 1 aliphatic rings. The largest absolute Gasteiger partial charge is 0.497 e. The first kappa shape index (κ1) is 17.4. The maximum atomic E-state index is 12.4. The molecule has 1 saturated heterocycles. The summed E-state index contributed by atoms with van der Waals surface area (Å²) in [4.78, 5) is 18.3. The number of pyridine rings is 1. The maximum absolute atomic E-state index is 12.4. The number of aromatic nitrogens is 1. The molecule has 2 aromatic rings. The lowest BCUT2D eigenvalue weighted by Crippen LogP contribution is -2.45. The van der Waals surface area contributed by atoms with Gasteiger partial charge in [-0.05, 0) is 48.2 Å². The van der Waals surface area contributed by atoms with Crippen molar-refractivity contribution in [1.29, 1.82) is 0 Å². The van der Waals surface area contributed by atoms with E-state index in [2.05, 4.69) is 4.98 Å². The van der Waals surface area contributed by atoms with E-state index < -0.39 is 0 Å². The first-order valence-electron chi connectivity index (χ1n) is 8.65. The number of hydrogen-bond donors (Lipinski definition) is 0. The minimum Gasteiger partial charge on any atom is -0.497 e. The number of piperidine rings is 1. The lowest BCUT2D eigenvalue weighted by atomic mass is 10.0. The molecule has 25 heavy (non-hydrogen) atoms. The number of nitrogens with zero attached hydrogens (tertiary/aromatic N) is 2. The van der Waals surface area contributed by atoms with E-state index in [9.17, 15) is 4.79 Å². The SMILES string of the molecule is COc1ccc(COC[C@@H]2CCCC(=O)N2Cc2ccncc2)cc1. The van der Waals surface area contributed by atoms with Crippen molar-refractivity contribution in [3.63, 3.8) is 0 Å². The van der Waals surface area contributed by atoms with Gasteiger partial charge in [-0.3, -0.25) is 9.78 Å². The minimum atomic E-state index is 0.132. The number of amides is 1. The van der Waals surface area contributed by atoms with Gasteiger partial charge in [0.15, 0.2) is 0 Å². The highest BCUT2D eigenvalue weighted by Crippen LogP contribution is 2.21. The van der Waals surface area contributed by atoms with E-state index in [1.165, 1.54) is 0 Å². The van der Waals surface area contributed by atoms with Gasteiger partial charge in [0.25, 0.3) is 0 Å². The molecule has 5 nitrogen and oxygen atoms in total. The van der Waals surface area contributed by atoms with E-state index in [0.717, 1.165) is 29.7 Å². The van der Waals surface area contributed by atoms with E-state index in [0.29, 0.717) is 26.2 Å². The summed E-state index contributed by atoms with van der Waals surface area (Å²) in [5.41, 5.74) is 2.20. The second-order valence-corrected chi connectivity index (χ2v) is 6.29. The molecule has 0 radical (unpaired) electrons. The number of carbonyl (C=O) groups excluding carboxylic acids is 1. The van der Waals surface area contributed by atoms with Crippen LogP contribution >= 0.6 is 0 Å². The van der Waals surface area contributed by atoms with E-state index in [1.54, 1.807) is 19.5 Å². The minimum absolute atomic E-state index is 0.132. The molecule has 3 rings (SSSR count). The van der Waals surface area contributed by atoms with Crippen LogP contribution in [0.3, 0.4) is 0 Å². The topological polar surface area (TPSA) is 51.7 Å². The van der Waals surface area contributed by atoms with Gasteiger partial charge < -0.3 is 14.4 Å². The van der Waals surface area contributed by atoms with Gasteiger partial charge in [0.1, 0.15) is 5.75 Å². The lowest BCUT2D eigenvalue weighted by Gasteiger charge is -2.35. The van der Waals surface area contributed by atoms with Gasteiger partial charge in [-0.15, -0.1) is 0 Å². The van der Waals surface area contributed by atoms with Crippen molar-refractivity contribution in [3.8, 4) is 5.75 Å². The third kappa shape index (κ3) is 4.79. The Bertz CT molecular complexity index is 673. The van der Waals surface area contributed by atoms with Crippen LogP contribution < -0.4 is 4.74 Å². The molecule has 0 bridgehead atoms. The summed E-state index contributed by atoms with van der Waals surface area (Å²) >= 11 is 0. The molecule has 0 spiro atoms. The Balaban J connectivity index is 1.55. The number of ether oxygens (including phenoxy) is 2. The quantitative estimate of drug-likeness (QED) is 0.777. The molecule has 132 valence electrons. The molecular weight excluding hydrogens is 316 g/mol. The van der Waals surface area contributed by atoms with Crippen LogP contribution in [-0.4, -0.2) is 35.5 Å². The van der Waals surface area contributed by atoms with Crippen molar-refractivity contribution >= 4 is 5.91 Å². The monoisotopic (exact) mass is 340 g/mol. The second kappa shape index (κ2) is 8.62. The Morgan fingerprint density at radius 3 is 2.60 bits per heavy atom. The molecule has 5 heteroatoms. The van der Waals surface area contributed by atoms with Crippen molar-refractivity contribution in [2.45, 2.75) is 38.5 Å². The summed E-state index contributed by atoms with van der Waals surface area (Å²) in [6.07, 6.45) is 6.07. The summed E-state index contributed by atoms with van der Waals surface area (Å²) in [5.74, 6) is 1.05. The van der Waals surface area contributed by atoms with Crippen LogP contribution in [0.15, 0.2) is 48.8 Å². The molecule has 1 fully saturated rings. The predicted octanol–water partition coefficient (Wildman–Crippen LogP) is 3.19. The molecule has 1 atom stereocenters. The fourth-order valence-corrected chi connectivity index (χ4v) is 3.10. The zero-order valence-electron chi connectivity index (χ0n) is 14.6. The van der Waals surface area contributed by atoms with Crippen molar-refractivity contribution in [2.24, 2.45) is 0 Å². The Kier molecular flexibility index (Phi) is 6.01. The Hall–Kier alpha value is -2.40. The molecule has 0 aliphatic carbocycles. The van der Waals surface area contributed by atoms with Gasteiger partial charge in [-0.25, -0.2) is 0 Å².